The summed E-state index contributed by atoms with van der Waals surface area (Å²) in [6.07, 6.45) is 2.08. The second-order valence-corrected chi connectivity index (χ2v) is 6.91. The van der Waals surface area contributed by atoms with Crippen molar-refractivity contribution in [2.75, 3.05) is 12.8 Å². The van der Waals surface area contributed by atoms with Crippen LogP contribution in [0.5, 0.6) is 0 Å². The SMILES string of the molecule is CCC(C)NC(=O)CNCc1ccc(S(C)(=O)=O)cc1. The molecule has 0 aliphatic carbocycles. The molecule has 1 atom stereocenters. The standard InChI is InChI=1S/C14H22N2O3S/c1-4-11(2)16-14(17)10-15-9-12-5-7-13(8-6-12)20(3,18)19/h5-8,11,15H,4,9-10H2,1-3H3,(H,16,17). The van der Waals surface area contributed by atoms with E-state index in [1.165, 1.54) is 6.26 Å². The number of benzene rings is 1. The molecule has 1 aromatic carbocycles. The predicted molar refractivity (Wildman–Crippen MR) is 79.2 cm³/mol. The summed E-state index contributed by atoms with van der Waals surface area (Å²) in [7, 11) is -3.15. The molecule has 2 N–H and O–H groups in total. The van der Waals surface area contributed by atoms with Crippen molar-refractivity contribution in [3.8, 4) is 0 Å². The van der Waals surface area contributed by atoms with Crippen molar-refractivity contribution in [1.29, 1.82) is 0 Å². The van der Waals surface area contributed by atoms with E-state index < -0.39 is 9.84 Å². The van der Waals surface area contributed by atoms with Crippen LogP contribution < -0.4 is 10.6 Å². The average Bonchev–Trinajstić information content (AvgIpc) is 2.38. The summed E-state index contributed by atoms with van der Waals surface area (Å²) in [6.45, 7) is 4.75. The normalized spacial score (nSPS) is 12.9. The summed E-state index contributed by atoms with van der Waals surface area (Å²) in [5, 5.41) is 5.89. The lowest BCUT2D eigenvalue weighted by Gasteiger charge is -2.11. The molecule has 112 valence electrons. The number of nitrogens with one attached hydrogen (secondary N) is 2. The van der Waals surface area contributed by atoms with Gasteiger partial charge >= 0.3 is 0 Å². The van der Waals surface area contributed by atoms with Crippen LogP contribution in [0.2, 0.25) is 0 Å². The lowest BCUT2D eigenvalue weighted by molar-refractivity contribution is -0.120. The summed E-state index contributed by atoms with van der Waals surface area (Å²) < 4.78 is 22.6. The molecule has 1 amide bonds. The van der Waals surface area contributed by atoms with Crippen molar-refractivity contribution >= 4 is 15.7 Å². The van der Waals surface area contributed by atoms with Crippen LogP contribution in [-0.2, 0) is 21.2 Å². The summed E-state index contributed by atoms with van der Waals surface area (Å²) >= 11 is 0. The largest absolute Gasteiger partial charge is 0.353 e. The highest BCUT2D eigenvalue weighted by Gasteiger charge is 2.07. The minimum atomic E-state index is -3.15. The maximum atomic E-state index is 11.5. The van der Waals surface area contributed by atoms with Gasteiger partial charge in [-0.1, -0.05) is 19.1 Å². The Morgan fingerprint density at radius 1 is 1.25 bits per heavy atom. The van der Waals surface area contributed by atoms with E-state index in [0.29, 0.717) is 11.4 Å². The molecule has 5 nitrogen and oxygen atoms in total. The van der Waals surface area contributed by atoms with Crippen molar-refractivity contribution in [2.24, 2.45) is 0 Å². The number of hydrogen-bond donors (Lipinski definition) is 2. The van der Waals surface area contributed by atoms with Gasteiger partial charge in [-0.05, 0) is 31.0 Å². The Morgan fingerprint density at radius 3 is 2.35 bits per heavy atom. The molecule has 0 saturated heterocycles. The summed E-state index contributed by atoms with van der Waals surface area (Å²) in [4.78, 5) is 11.8. The van der Waals surface area contributed by atoms with Crippen LogP contribution in [0, 0.1) is 0 Å². The topological polar surface area (TPSA) is 75.3 Å². The summed E-state index contributed by atoms with van der Waals surface area (Å²) in [5.41, 5.74) is 0.939. The Kier molecular flexibility index (Phi) is 6.16. The maximum absolute atomic E-state index is 11.5. The van der Waals surface area contributed by atoms with Crippen molar-refractivity contribution in [3.63, 3.8) is 0 Å². The Morgan fingerprint density at radius 2 is 1.85 bits per heavy atom. The zero-order valence-electron chi connectivity index (χ0n) is 12.1. The van der Waals surface area contributed by atoms with Gasteiger partial charge in [0.25, 0.3) is 0 Å². The molecule has 0 saturated carbocycles. The van der Waals surface area contributed by atoms with E-state index in [9.17, 15) is 13.2 Å². The molecule has 1 aromatic rings. The molecule has 6 heteroatoms. The summed E-state index contributed by atoms with van der Waals surface area (Å²) in [5.74, 6) is -0.0351. The molecule has 0 aromatic heterocycles. The van der Waals surface area contributed by atoms with Crippen molar-refractivity contribution in [3.05, 3.63) is 29.8 Å². The zero-order valence-corrected chi connectivity index (χ0v) is 13.0. The van der Waals surface area contributed by atoms with Gasteiger partial charge in [0, 0.05) is 18.8 Å². The molecule has 0 radical (unpaired) electrons. The van der Waals surface area contributed by atoms with Gasteiger partial charge in [0.2, 0.25) is 5.91 Å². The Balaban J connectivity index is 2.41. The van der Waals surface area contributed by atoms with Crippen LogP contribution in [0.3, 0.4) is 0 Å². The summed E-state index contributed by atoms with van der Waals surface area (Å²) in [6, 6.07) is 6.82. The monoisotopic (exact) mass is 298 g/mol. The van der Waals surface area contributed by atoms with Gasteiger partial charge in [0.05, 0.1) is 11.4 Å². The second kappa shape index (κ2) is 7.40. The van der Waals surface area contributed by atoms with Crippen molar-refractivity contribution in [2.45, 2.75) is 37.8 Å². The molecule has 0 heterocycles. The lowest BCUT2D eigenvalue weighted by Crippen LogP contribution is -2.38. The van der Waals surface area contributed by atoms with Crippen molar-refractivity contribution in [1.82, 2.24) is 10.6 Å². The van der Waals surface area contributed by atoms with E-state index in [1.807, 2.05) is 13.8 Å². The lowest BCUT2D eigenvalue weighted by atomic mass is 10.2. The van der Waals surface area contributed by atoms with Crippen molar-refractivity contribution < 1.29 is 13.2 Å². The van der Waals surface area contributed by atoms with E-state index in [1.54, 1.807) is 24.3 Å². The molecule has 0 fully saturated rings. The highest BCUT2D eigenvalue weighted by molar-refractivity contribution is 7.90. The first-order valence-electron chi connectivity index (χ1n) is 6.62. The quantitative estimate of drug-likeness (QED) is 0.790. The molecular formula is C14H22N2O3S. The second-order valence-electron chi connectivity index (χ2n) is 4.90. The van der Waals surface area contributed by atoms with Crippen LogP contribution in [0.4, 0.5) is 0 Å². The smallest absolute Gasteiger partial charge is 0.234 e. The zero-order chi connectivity index (χ0) is 15.2. The van der Waals surface area contributed by atoms with Crippen LogP contribution in [0.25, 0.3) is 0 Å². The predicted octanol–water partition coefficient (Wildman–Crippen LogP) is 1.09. The van der Waals surface area contributed by atoms with Gasteiger partial charge in [-0.2, -0.15) is 0 Å². The molecule has 1 unspecified atom stereocenters. The van der Waals surface area contributed by atoms with Gasteiger partial charge in [-0.25, -0.2) is 8.42 Å². The highest BCUT2D eigenvalue weighted by Crippen LogP contribution is 2.09. The fraction of sp³-hybridized carbons (Fsp3) is 0.500. The molecule has 20 heavy (non-hydrogen) atoms. The van der Waals surface area contributed by atoms with E-state index in [4.69, 9.17) is 0 Å². The highest BCUT2D eigenvalue weighted by atomic mass is 32.2. The average molecular weight is 298 g/mol. The first-order chi connectivity index (χ1) is 9.32. The molecule has 0 aliphatic rings. The van der Waals surface area contributed by atoms with E-state index in [2.05, 4.69) is 10.6 Å². The molecule has 0 bridgehead atoms. The van der Waals surface area contributed by atoms with Crippen LogP contribution >= 0.6 is 0 Å². The van der Waals surface area contributed by atoms with Gasteiger partial charge < -0.3 is 10.6 Å². The molecule has 0 aliphatic heterocycles. The number of amides is 1. The first-order valence-corrected chi connectivity index (χ1v) is 8.51. The number of sulfone groups is 1. The van der Waals surface area contributed by atoms with Crippen LogP contribution in [-0.4, -0.2) is 33.2 Å². The number of hydrogen-bond acceptors (Lipinski definition) is 4. The fourth-order valence-electron chi connectivity index (χ4n) is 1.60. The van der Waals surface area contributed by atoms with Crippen LogP contribution in [0.15, 0.2) is 29.2 Å². The van der Waals surface area contributed by atoms with Gasteiger partial charge in [-0.15, -0.1) is 0 Å². The third-order valence-electron chi connectivity index (χ3n) is 2.99. The Bertz CT molecular complexity index is 538. The van der Waals surface area contributed by atoms with Gasteiger partial charge in [-0.3, -0.25) is 4.79 Å². The number of carbonyl (C=O) groups is 1. The minimum absolute atomic E-state index is 0.0351. The van der Waals surface area contributed by atoms with Gasteiger partial charge in [0.15, 0.2) is 9.84 Å². The maximum Gasteiger partial charge on any atom is 0.234 e. The molecule has 1 rings (SSSR count). The minimum Gasteiger partial charge on any atom is -0.353 e. The Labute approximate surface area is 120 Å². The van der Waals surface area contributed by atoms with Gasteiger partial charge in [0.1, 0.15) is 0 Å². The number of carbonyl (C=O) groups excluding carboxylic acids is 1. The molecule has 0 spiro atoms. The molecular weight excluding hydrogens is 276 g/mol. The fourth-order valence-corrected chi connectivity index (χ4v) is 2.23. The third kappa shape index (κ3) is 5.71. The third-order valence-corrected chi connectivity index (χ3v) is 4.11. The van der Waals surface area contributed by atoms with E-state index in [-0.39, 0.29) is 18.5 Å². The first kappa shape index (κ1) is 16.7. The number of rotatable bonds is 7. The van der Waals surface area contributed by atoms with E-state index in [0.717, 1.165) is 12.0 Å². The Hall–Kier alpha value is -1.40. The van der Waals surface area contributed by atoms with E-state index >= 15 is 0 Å². The van der Waals surface area contributed by atoms with Crippen LogP contribution in [0.1, 0.15) is 25.8 Å².